The number of rotatable bonds is 8. The molecule has 2 N–H and O–H groups in total. The smallest absolute Gasteiger partial charge is 0.129 e. The highest BCUT2D eigenvalue weighted by molar-refractivity contribution is 5.33. The van der Waals surface area contributed by atoms with E-state index in [2.05, 4.69) is 5.32 Å². The predicted molar refractivity (Wildman–Crippen MR) is 100 cm³/mol. The minimum Gasteiger partial charge on any atom is -0.489 e. The molecule has 26 heavy (non-hydrogen) atoms. The molecule has 0 aliphatic carbocycles. The zero-order valence-corrected chi connectivity index (χ0v) is 14.4. The summed E-state index contributed by atoms with van der Waals surface area (Å²) in [6.45, 7) is 1.28. The number of hydrogen-bond donors (Lipinski definition) is 2. The van der Waals surface area contributed by atoms with E-state index in [0.29, 0.717) is 18.7 Å². The maximum absolute atomic E-state index is 13.7. The number of halogens is 1. The second kappa shape index (κ2) is 9.13. The third kappa shape index (κ3) is 4.91. The normalized spacial score (nSPS) is 11.9. The second-order valence-electron chi connectivity index (χ2n) is 6.05. The van der Waals surface area contributed by atoms with Gasteiger partial charge in [-0.25, -0.2) is 4.39 Å². The molecule has 0 amide bonds. The number of aliphatic hydroxyl groups excluding tert-OH is 1. The van der Waals surface area contributed by atoms with Crippen molar-refractivity contribution in [1.82, 2.24) is 5.32 Å². The fraction of sp³-hybridized carbons (Fsp3) is 0.182. The van der Waals surface area contributed by atoms with Gasteiger partial charge < -0.3 is 15.2 Å². The third-order valence-corrected chi connectivity index (χ3v) is 4.13. The molecule has 0 aromatic heterocycles. The average molecular weight is 351 g/mol. The van der Waals surface area contributed by atoms with Gasteiger partial charge in [-0.1, -0.05) is 66.7 Å². The van der Waals surface area contributed by atoms with Crippen LogP contribution in [0.3, 0.4) is 0 Å². The van der Waals surface area contributed by atoms with Crippen LogP contribution in [0.1, 0.15) is 22.8 Å². The van der Waals surface area contributed by atoms with Crippen molar-refractivity contribution in [3.05, 3.63) is 101 Å². The van der Waals surface area contributed by atoms with Crippen molar-refractivity contribution >= 4 is 0 Å². The van der Waals surface area contributed by atoms with Crippen molar-refractivity contribution in [1.29, 1.82) is 0 Å². The van der Waals surface area contributed by atoms with Gasteiger partial charge >= 0.3 is 0 Å². The molecule has 0 radical (unpaired) electrons. The Balaban J connectivity index is 1.56. The first-order valence-electron chi connectivity index (χ1n) is 8.62. The van der Waals surface area contributed by atoms with Gasteiger partial charge in [0.25, 0.3) is 0 Å². The minimum absolute atomic E-state index is 0.258. The molecule has 0 heterocycles. The summed E-state index contributed by atoms with van der Waals surface area (Å²) < 4.78 is 19.6. The molecule has 0 bridgehead atoms. The van der Waals surface area contributed by atoms with Crippen molar-refractivity contribution < 1.29 is 14.2 Å². The Kier molecular flexibility index (Phi) is 6.36. The van der Waals surface area contributed by atoms with Crippen molar-refractivity contribution in [2.24, 2.45) is 0 Å². The van der Waals surface area contributed by atoms with Crippen LogP contribution in [0.5, 0.6) is 5.75 Å². The monoisotopic (exact) mass is 351 g/mol. The van der Waals surface area contributed by atoms with E-state index in [4.69, 9.17) is 4.74 Å². The van der Waals surface area contributed by atoms with Crippen LogP contribution in [0.15, 0.2) is 78.9 Å². The quantitative estimate of drug-likeness (QED) is 0.638. The molecule has 0 saturated carbocycles. The van der Waals surface area contributed by atoms with Crippen LogP contribution in [0.4, 0.5) is 4.39 Å². The van der Waals surface area contributed by atoms with Gasteiger partial charge in [0.05, 0.1) is 6.10 Å². The summed E-state index contributed by atoms with van der Waals surface area (Å²) in [4.78, 5) is 0. The lowest BCUT2D eigenvalue weighted by molar-refractivity contribution is 0.169. The lowest BCUT2D eigenvalue weighted by Crippen LogP contribution is -2.22. The van der Waals surface area contributed by atoms with E-state index in [1.165, 1.54) is 6.07 Å². The summed E-state index contributed by atoms with van der Waals surface area (Å²) >= 11 is 0. The molecular weight excluding hydrogens is 329 g/mol. The highest BCUT2D eigenvalue weighted by atomic mass is 19.1. The van der Waals surface area contributed by atoms with E-state index < -0.39 is 11.9 Å². The van der Waals surface area contributed by atoms with E-state index >= 15 is 0 Å². The Morgan fingerprint density at radius 2 is 1.58 bits per heavy atom. The van der Waals surface area contributed by atoms with Gasteiger partial charge in [-0.3, -0.25) is 0 Å². The number of hydrogen-bond acceptors (Lipinski definition) is 3. The summed E-state index contributed by atoms with van der Waals surface area (Å²) in [7, 11) is 0. The number of ether oxygens (including phenoxy) is 1. The van der Waals surface area contributed by atoms with Gasteiger partial charge in [-0.15, -0.1) is 0 Å². The van der Waals surface area contributed by atoms with Crippen LogP contribution in [-0.2, 0) is 13.2 Å². The highest BCUT2D eigenvalue weighted by Crippen LogP contribution is 2.20. The first-order valence-corrected chi connectivity index (χ1v) is 8.62. The van der Waals surface area contributed by atoms with E-state index in [1.807, 2.05) is 54.6 Å². The number of para-hydroxylation sites is 1. The van der Waals surface area contributed by atoms with Gasteiger partial charge in [-0.05, 0) is 17.7 Å². The minimum atomic E-state index is -0.895. The summed E-state index contributed by atoms with van der Waals surface area (Å²) in [6.07, 6.45) is -0.895. The number of benzene rings is 3. The Labute approximate surface area is 153 Å². The molecular formula is C22H22FNO2. The fourth-order valence-electron chi connectivity index (χ4n) is 2.72. The maximum atomic E-state index is 13.7. The van der Waals surface area contributed by atoms with Crippen LogP contribution in [0, 0.1) is 5.82 Å². The summed E-state index contributed by atoms with van der Waals surface area (Å²) in [5.74, 6) is 0.401. The zero-order valence-electron chi connectivity index (χ0n) is 14.4. The molecule has 0 unspecified atom stereocenters. The summed E-state index contributed by atoms with van der Waals surface area (Å²) in [5, 5.41) is 13.3. The Bertz CT molecular complexity index is 823. The number of aliphatic hydroxyl groups is 1. The molecule has 3 nitrogen and oxygen atoms in total. The van der Waals surface area contributed by atoms with Crippen LogP contribution in [0.25, 0.3) is 0 Å². The van der Waals surface area contributed by atoms with Gasteiger partial charge in [-0.2, -0.15) is 0 Å². The van der Waals surface area contributed by atoms with E-state index in [0.717, 1.165) is 16.9 Å². The van der Waals surface area contributed by atoms with E-state index in [1.54, 1.807) is 18.2 Å². The largest absolute Gasteiger partial charge is 0.489 e. The van der Waals surface area contributed by atoms with Gasteiger partial charge in [0, 0.05) is 24.2 Å². The second-order valence-corrected chi connectivity index (χ2v) is 6.05. The molecule has 0 aliphatic rings. The van der Waals surface area contributed by atoms with Crippen molar-refractivity contribution in [3.8, 4) is 5.75 Å². The average Bonchev–Trinajstić information content (AvgIpc) is 2.68. The molecule has 4 heteroatoms. The molecule has 3 aromatic rings. The Morgan fingerprint density at radius 3 is 2.38 bits per heavy atom. The summed E-state index contributed by atoms with van der Waals surface area (Å²) in [6, 6.07) is 24.0. The first kappa shape index (κ1) is 18.1. The molecule has 0 fully saturated rings. The van der Waals surface area contributed by atoms with Crippen LogP contribution >= 0.6 is 0 Å². The zero-order chi connectivity index (χ0) is 18.2. The van der Waals surface area contributed by atoms with Crippen molar-refractivity contribution in [2.75, 3.05) is 6.54 Å². The van der Waals surface area contributed by atoms with Crippen molar-refractivity contribution in [3.63, 3.8) is 0 Å². The molecule has 1 atom stereocenters. The van der Waals surface area contributed by atoms with Gasteiger partial charge in [0.2, 0.25) is 0 Å². The SMILES string of the molecule is O[C@H](CNCc1ccccc1OCc1ccccc1)c1ccccc1F. The van der Waals surface area contributed by atoms with E-state index in [-0.39, 0.29) is 6.54 Å². The first-order chi connectivity index (χ1) is 12.7. The van der Waals surface area contributed by atoms with Crippen LogP contribution in [-0.4, -0.2) is 11.7 Å². The van der Waals surface area contributed by atoms with E-state index in [9.17, 15) is 9.50 Å². The topological polar surface area (TPSA) is 41.5 Å². The molecule has 0 saturated heterocycles. The lowest BCUT2D eigenvalue weighted by Gasteiger charge is -2.15. The Hall–Kier alpha value is -2.69. The maximum Gasteiger partial charge on any atom is 0.129 e. The third-order valence-electron chi connectivity index (χ3n) is 4.13. The Morgan fingerprint density at radius 1 is 0.885 bits per heavy atom. The molecule has 3 aromatic carbocycles. The van der Waals surface area contributed by atoms with Gasteiger partial charge in [0.1, 0.15) is 18.2 Å². The molecule has 3 rings (SSSR count). The predicted octanol–water partition coefficient (Wildman–Crippen LogP) is 4.23. The van der Waals surface area contributed by atoms with Crippen molar-refractivity contribution in [2.45, 2.75) is 19.3 Å². The molecule has 0 spiro atoms. The lowest BCUT2D eigenvalue weighted by atomic mass is 10.1. The van der Waals surface area contributed by atoms with Crippen LogP contribution < -0.4 is 10.1 Å². The van der Waals surface area contributed by atoms with Crippen LogP contribution in [0.2, 0.25) is 0 Å². The number of nitrogens with one attached hydrogen (secondary N) is 1. The molecule has 0 aliphatic heterocycles. The highest BCUT2D eigenvalue weighted by Gasteiger charge is 2.12. The fourth-order valence-corrected chi connectivity index (χ4v) is 2.72. The van der Waals surface area contributed by atoms with Gasteiger partial charge in [0.15, 0.2) is 0 Å². The standard InChI is InChI=1S/C22H22FNO2/c23-20-12-6-5-11-19(20)21(25)15-24-14-18-10-4-7-13-22(18)26-16-17-8-2-1-3-9-17/h1-13,21,24-25H,14-16H2/t21-/m1/s1. The molecule has 134 valence electrons. The summed E-state index contributed by atoms with van der Waals surface area (Å²) in [5.41, 5.74) is 2.39.